The third-order valence-electron chi connectivity index (χ3n) is 26.0. The number of nitrogen functional groups attached to an aromatic ring is 1. The highest BCUT2D eigenvalue weighted by molar-refractivity contribution is 9.10. The maximum Gasteiger partial charge on any atom is 0.143 e. The summed E-state index contributed by atoms with van der Waals surface area (Å²) in [5, 5.41) is 22.5. The van der Waals surface area contributed by atoms with Crippen molar-refractivity contribution in [3.63, 3.8) is 0 Å². The van der Waals surface area contributed by atoms with Gasteiger partial charge in [-0.2, -0.15) is 0 Å². The molecule has 23 aromatic carbocycles. The number of para-hydroxylation sites is 9. The highest BCUT2D eigenvalue weighted by atomic mass is 79.9. The van der Waals surface area contributed by atoms with Crippen LogP contribution in [0, 0.1) is 0 Å². The van der Waals surface area contributed by atoms with Crippen LogP contribution >= 0.6 is 31.9 Å². The Balaban J connectivity index is 0.000000104. The van der Waals surface area contributed by atoms with E-state index in [0.29, 0.717) is 0 Å². The first-order valence-corrected chi connectivity index (χ1v) is 50.0. The van der Waals surface area contributed by atoms with Crippen LogP contribution in [0.3, 0.4) is 0 Å². The number of nitrogens with zero attached hydrogens (tertiary/aromatic N) is 2. The lowest BCUT2D eigenvalue weighted by Crippen LogP contribution is -2.09. The molecule has 26 aromatic rings. The summed E-state index contributed by atoms with van der Waals surface area (Å²) in [5.74, 6) is 0. The van der Waals surface area contributed by atoms with Crippen LogP contribution in [-0.2, 0) is 0 Å². The van der Waals surface area contributed by atoms with E-state index in [1.807, 2.05) is 91.0 Å². The number of nitrogens with two attached hydrogens (primary N) is 1. The van der Waals surface area contributed by atoms with Gasteiger partial charge in [0.15, 0.2) is 0 Å². The summed E-state index contributed by atoms with van der Waals surface area (Å²) >= 11 is 7.04. The molecule has 3 aromatic heterocycles. The van der Waals surface area contributed by atoms with E-state index in [1.54, 1.807) is 0 Å². The first kappa shape index (κ1) is 91.8. The van der Waals surface area contributed by atoms with Crippen LogP contribution in [-0.4, -0.2) is 0 Å². The fraction of sp³-hybridized carbons (Fsp3) is 0. The van der Waals surface area contributed by atoms with Crippen molar-refractivity contribution in [2.45, 2.75) is 0 Å². The van der Waals surface area contributed by atoms with Crippen molar-refractivity contribution in [1.82, 2.24) is 0 Å². The van der Waals surface area contributed by atoms with Gasteiger partial charge in [-0.3, -0.25) is 0 Å². The van der Waals surface area contributed by atoms with Gasteiger partial charge in [0, 0.05) is 143 Å². The Kier molecular flexibility index (Phi) is 27.1. The van der Waals surface area contributed by atoms with Gasteiger partial charge < -0.3 is 44.7 Å². The number of rotatable bonds is 18. The van der Waals surface area contributed by atoms with Crippen LogP contribution in [0.15, 0.2) is 574 Å². The molecule has 0 radical (unpaired) electrons. The smallest absolute Gasteiger partial charge is 0.143 e. The van der Waals surface area contributed by atoms with E-state index >= 15 is 0 Å². The number of fused-ring (bicyclic) bond motifs is 11. The Morgan fingerprint density at radius 2 is 0.400 bits per heavy atom. The molecule has 0 bridgehead atoms. The van der Waals surface area contributed by atoms with Crippen molar-refractivity contribution in [3.8, 4) is 66.8 Å². The lowest BCUT2D eigenvalue weighted by atomic mass is 10.0. The molecule has 0 amide bonds. The first-order valence-electron chi connectivity index (χ1n) is 48.4. The van der Waals surface area contributed by atoms with Crippen molar-refractivity contribution in [1.29, 1.82) is 0 Å². The lowest BCUT2D eigenvalue weighted by Gasteiger charge is -2.25. The molecule has 26 rings (SSSR count). The number of halogens is 2. The quantitative estimate of drug-likeness (QED) is 0.0625. The maximum absolute atomic E-state index is 6.25. The molecule has 5 N–H and O–H groups in total. The monoisotopic (exact) mass is 1990 g/mol. The molecule has 0 saturated heterocycles. The molecule has 11 heteroatoms. The zero-order chi connectivity index (χ0) is 97.6. The van der Waals surface area contributed by atoms with Crippen molar-refractivity contribution in [2.75, 3.05) is 31.5 Å². The van der Waals surface area contributed by atoms with Gasteiger partial charge in [0.05, 0.1) is 0 Å². The molecular weight excluding hydrogens is 1900 g/mol. The minimum absolute atomic E-state index is 0.769. The van der Waals surface area contributed by atoms with E-state index in [2.05, 4.69) is 519 Å². The van der Waals surface area contributed by atoms with Gasteiger partial charge >= 0.3 is 0 Å². The Hall–Kier alpha value is -18.3. The largest absolute Gasteiger partial charge is 0.455 e. The van der Waals surface area contributed by atoms with Crippen LogP contribution in [0.25, 0.3) is 154 Å². The summed E-state index contributed by atoms with van der Waals surface area (Å²) in [6, 6.07) is 191. The third-order valence-corrected chi connectivity index (χ3v) is 27.1. The van der Waals surface area contributed by atoms with Gasteiger partial charge in [0.2, 0.25) is 0 Å². The van der Waals surface area contributed by atoms with Gasteiger partial charge in [0.25, 0.3) is 0 Å². The molecule has 9 nitrogen and oxygen atoms in total. The van der Waals surface area contributed by atoms with Crippen LogP contribution in [0.5, 0.6) is 0 Å². The molecule has 0 aliphatic rings. The van der Waals surface area contributed by atoms with Crippen LogP contribution in [0.4, 0.5) is 73.9 Å². The topological polar surface area (TPSA) is 108 Å². The number of anilines is 13. The normalized spacial score (nSPS) is 11.0. The Bertz CT molecular complexity index is 8750. The van der Waals surface area contributed by atoms with Crippen LogP contribution in [0.1, 0.15) is 0 Å². The fourth-order valence-corrected chi connectivity index (χ4v) is 19.3. The second-order valence-electron chi connectivity index (χ2n) is 35.3. The fourth-order valence-electron chi connectivity index (χ4n) is 18.8. The second kappa shape index (κ2) is 42.8. The van der Waals surface area contributed by atoms with E-state index in [9.17, 15) is 0 Å². The Morgan fingerprint density at radius 1 is 0.172 bits per heavy atom. The average molecular weight is 2000 g/mol. The third kappa shape index (κ3) is 20.7. The SMILES string of the molecule is Brc1ccc(-c2ccc(N(c3ccccc3)c3ccccc3)cc2)cc1.Brc1ccc(N(c2ccccc2)c2ccc(-c3cccc4c3oc3ccccc34)cc2)cc1.Nc1ccc(-c2cccc3c2oc2ccccc23)cc1.c1ccc(-c2ccc(Nc3ccc(-c4cccc5c4oc4ccccc45)cc3)cc2)cc1.c1ccc2c(Nc3ccc(-c4ccc(Nc5cccc6ccccc56)cc4)cc3)cccc2c1. The van der Waals surface area contributed by atoms with E-state index in [4.69, 9.17) is 19.0 Å². The summed E-state index contributed by atoms with van der Waals surface area (Å²) in [7, 11) is 0. The summed E-state index contributed by atoms with van der Waals surface area (Å²) in [4.78, 5) is 4.53. The molecule has 694 valence electrons. The minimum atomic E-state index is 0.769. The van der Waals surface area contributed by atoms with Gasteiger partial charge in [-0.1, -0.05) is 396 Å². The number of hydrogen-bond donors (Lipinski definition) is 4. The molecular formula is C134H96Br2N6O3. The van der Waals surface area contributed by atoms with Crippen LogP contribution in [0.2, 0.25) is 0 Å². The molecule has 0 fully saturated rings. The number of benzene rings is 23. The summed E-state index contributed by atoms with van der Waals surface area (Å²) in [5.41, 5.74) is 39.3. The average Bonchev–Trinajstić information content (AvgIpc) is 1.63. The summed E-state index contributed by atoms with van der Waals surface area (Å²) in [6.45, 7) is 0. The molecule has 0 unspecified atom stereocenters. The molecule has 0 spiro atoms. The Morgan fingerprint density at radius 3 is 0.752 bits per heavy atom. The zero-order valence-corrected chi connectivity index (χ0v) is 82.2. The predicted octanol–water partition coefficient (Wildman–Crippen LogP) is 39.7. The first-order chi connectivity index (χ1) is 71.6. The summed E-state index contributed by atoms with van der Waals surface area (Å²) in [6.07, 6.45) is 0. The van der Waals surface area contributed by atoms with E-state index in [1.165, 1.54) is 54.9 Å². The Labute approximate surface area is 859 Å². The lowest BCUT2D eigenvalue weighted by molar-refractivity contribution is 0.669. The highest BCUT2D eigenvalue weighted by Crippen LogP contribution is 2.45. The van der Waals surface area contributed by atoms with Gasteiger partial charge in [-0.05, 0) is 249 Å². The van der Waals surface area contributed by atoms with E-state index < -0.39 is 0 Å². The van der Waals surface area contributed by atoms with Crippen molar-refractivity contribution >= 4 is 193 Å². The molecule has 145 heavy (non-hydrogen) atoms. The van der Waals surface area contributed by atoms with Gasteiger partial charge in [-0.25, -0.2) is 0 Å². The van der Waals surface area contributed by atoms with Crippen molar-refractivity contribution in [2.24, 2.45) is 0 Å². The molecule has 0 atom stereocenters. The number of nitrogens with one attached hydrogen (secondary N) is 3. The molecule has 0 aliphatic heterocycles. The van der Waals surface area contributed by atoms with Gasteiger partial charge in [0.1, 0.15) is 33.5 Å². The van der Waals surface area contributed by atoms with E-state index in [-0.39, 0.29) is 0 Å². The number of furan rings is 3. The molecule has 0 aliphatic carbocycles. The maximum atomic E-state index is 6.25. The highest BCUT2D eigenvalue weighted by Gasteiger charge is 2.20. The predicted molar refractivity (Wildman–Crippen MR) is 620 cm³/mol. The standard InChI is InChI=1S/C32H24N2.C30H20BrNO.C30H21NO.C24H18BrN.C18H13NO/c1-3-11-29-25(7-1)9-5-13-31(29)33-27-19-15-23(16-20-27)24-17-21-28(22-18-24)34-32-14-6-10-26-8-2-4-12-30(26)32;31-22-15-19-25(20-16-22)32(23-7-2-1-3-8-23)24-17-13-21(14-18-24)26-10-6-11-28-27-9-4-5-12-29(27)33-30(26)28;1-2-7-21(8-3-1)22-13-17-24(18-14-22)31-25-19-15-23(16-20-25)26-10-6-11-28-27-9-4-5-12-29(27)32-30(26)28;25-21-15-11-19(12-16-21)20-13-17-24(18-14-20)26(22-7-3-1-4-8-22)23-9-5-2-6-10-23;19-13-10-8-12(9-11-13)14-5-3-6-16-15-4-1-2-7-17(15)20-18(14)16/h1-22,33-34H;1-20H;1-20,31H;1-18H;1-11H,19H2. The summed E-state index contributed by atoms with van der Waals surface area (Å²) < 4.78 is 20.6. The van der Waals surface area contributed by atoms with Crippen molar-refractivity contribution in [3.05, 3.63) is 561 Å². The molecule has 0 saturated carbocycles. The zero-order valence-electron chi connectivity index (χ0n) is 79.0. The molecule has 3 heterocycles. The van der Waals surface area contributed by atoms with Crippen molar-refractivity contribution < 1.29 is 13.3 Å². The second-order valence-corrected chi connectivity index (χ2v) is 37.2. The van der Waals surface area contributed by atoms with Crippen LogP contribution < -0.4 is 31.5 Å². The minimum Gasteiger partial charge on any atom is -0.455 e. The number of hydrogen-bond acceptors (Lipinski definition) is 9. The van der Waals surface area contributed by atoms with E-state index in [0.717, 1.165) is 182 Å². The van der Waals surface area contributed by atoms with Gasteiger partial charge in [-0.15, -0.1) is 0 Å².